The molecule has 0 heterocycles. The van der Waals surface area contributed by atoms with Gasteiger partial charge in [-0.25, -0.2) is 0 Å². The molecule has 0 fully saturated rings. The summed E-state index contributed by atoms with van der Waals surface area (Å²) in [5, 5.41) is 6.65. The van der Waals surface area contributed by atoms with E-state index in [0.717, 1.165) is 17.0 Å². The zero-order chi connectivity index (χ0) is 19.6. The molecule has 6 nitrogen and oxygen atoms in total. The monoisotopic (exact) mass is 371 g/mol. The van der Waals surface area contributed by atoms with Gasteiger partial charge in [-0.3, -0.25) is 4.99 Å². The van der Waals surface area contributed by atoms with E-state index in [2.05, 4.69) is 28.6 Å². The van der Waals surface area contributed by atoms with Gasteiger partial charge in [0.15, 0.2) is 17.5 Å². The van der Waals surface area contributed by atoms with Crippen LogP contribution in [0, 0.1) is 0 Å². The topological polar surface area (TPSA) is 64.1 Å². The molecule has 0 saturated carbocycles. The minimum Gasteiger partial charge on any atom is -0.496 e. The number of methoxy groups -OCH3 is 2. The van der Waals surface area contributed by atoms with E-state index in [1.165, 1.54) is 0 Å². The molecule has 0 aliphatic rings. The first-order valence-corrected chi connectivity index (χ1v) is 9.04. The van der Waals surface area contributed by atoms with Crippen LogP contribution in [0.2, 0.25) is 0 Å². The van der Waals surface area contributed by atoms with Crippen molar-refractivity contribution < 1.29 is 14.2 Å². The summed E-state index contributed by atoms with van der Waals surface area (Å²) in [7, 11) is 5.07. The zero-order valence-corrected chi connectivity index (χ0v) is 16.7. The van der Waals surface area contributed by atoms with Crippen molar-refractivity contribution >= 4 is 11.6 Å². The summed E-state index contributed by atoms with van der Waals surface area (Å²) in [4.78, 5) is 4.30. The highest BCUT2D eigenvalue weighted by Crippen LogP contribution is 2.30. The van der Waals surface area contributed by atoms with Crippen LogP contribution >= 0.6 is 0 Å². The van der Waals surface area contributed by atoms with Crippen LogP contribution in [0.3, 0.4) is 0 Å². The maximum Gasteiger partial charge on any atom is 0.195 e. The van der Waals surface area contributed by atoms with Gasteiger partial charge in [-0.05, 0) is 30.7 Å². The van der Waals surface area contributed by atoms with Gasteiger partial charge in [0.05, 0.1) is 20.8 Å². The number of aliphatic imine (C=N–C) groups is 1. The standard InChI is InChI=1S/C21H29N3O3/c1-6-27-20-13-16(11-12-19(20)26-5)24-21(22-3)23-14-15(2)17-9-7-8-10-18(17)25-4/h7-13,15H,6,14H2,1-5H3,(H2,22,23,24). The van der Waals surface area contributed by atoms with Gasteiger partial charge in [0, 0.05) is 31.3 Å². The third-order valence-corrected chi connectivity index (χ3v) is 4.20. The molecule has 2 aromatic rings. The average molecular weight is 371 g/mol. The fraction of sp³-hybridized carbons (Fsp3) is 0.381. The first-order chi connectivity index (χ1) is 13.1. The van der Waals surface area contributed by atoms with Gasteiger partial charge in [-0.1, -0.05) is 25.1 Å². The molecule has 2 aromatic carbocycles. The second kappa shape index (κ2) is 10.3. The first-order valence-electron chi connectivity index (χ1n) is 9.04. The lowest BCUT2D eigenvalue weighted by Crippen LogP contribution is -2.33. The number of anilines is 1. The van der Waals surface area contributed by atoms with Crippen LogP contribution in [-0.2, 0) is 0 Å². The van der Waals surface area contributed by atoms with E-state index in [1.54, 1.807) is 21.3 Å². The number of hydrogen-bond acceptors (Lipinski definition) is 4. The molecular formula is C21H29N3O3. The van der Waals surface area contributed by atoms with E-state index < -0.39 is 0 Å². The van der Waals surface area contributed by atoms with E-state index in [-0.39, 0.29) is 5.92 Å². The molecule has 146 valence electrons. The zero-order valence-electron chi connectivity index (χ0n) is 16.7. The Kier molecular flexibility index (Phi) is 7.79. The maximum absolute atomic E-state index is 5.63. The molecule has 1 unspecified atom stereocenters. The lowest BCUT2D eigenvalue weighted by Gasteiger charge is -2.19. The Hall–Kier alpha value is -2.89. The van der Waals surface area contributed by atoms with Crippen molar-refractivity contribution in [1.82, 2.24) is 5.32 Å². The number of guanidine groups is 1. The van der Waals surface area contributed by atoms with Crippen molar-refractivity contribution in [2.45, 2.75) is 19.8 Å². The molecule has 0 aliphatic carbocycles. The van der Waals surface area contributed by atoms with Gasteiger partial charge < -0.3 is 24.8 Å². The molecule has 0 radical (unpaired) electrons. The molecule has 0 amide bonds. The number of rotatable bonds is 8. The fourth-order valence-electron chi connectivity index (χ4n) is 2.77. The van der Waals surface area contributed by atoms with Gasteiger partial charge >= 0.3 is 0 Å². The summed E-state index contributed by atoms with van der Waals surface area (Å²) >= 11 is 0. The van der Waals surface area contributed by atoms with E-state index in [9.17, 15) is 0 Å². The van der Waals surface area contributed by atoms with Gasteiger partial charge in [-0.15, -0.1) is 0 Å². The second-order valence-corrected chi connectivity index (χ2v) is 6.02. The van der Waals surface area contributed by atoms with Crippen LogP contribution in [0.15, 0.2) is 47.5 Å². The SMILES string of the molecule is CCOc1cc(NC(=NC)NCC(C)c2ccccc2OC)ccc1OC. The van der Waals surface area contributed by atoms with Gasteiger partial charge in [-0.2, -0.15) is 0 Å². The predicted molar refractivity (Wildman–Crippen MR) is 111 cm³/mol. The van der Waals surface area contributed by atoms with Crippen LogP contribution in [0.4, 0.5) is 5.69 Å². The number of ether oxygens (including phenoxy) is 3. The van der Waals surface area contributed by atoms with Crippen LogP contribution in [-0.4, -0.2) is 40.4 Å². The number of nitrogens with zero attached hydrogens (tertiary/aromatic N) is 1. The average Bonchev–Trinajstić information content (AvgIpc) is 2.71. The van der Waals surface area contributed by atoms with E-state index in [1.807, 2.05) is 43.3 Å². The van der Waals surface area contributed by atoms with Crippen molar-refractivity contribution in [3.63, 3.8) is 0 Å². The summed E-state index contributed by atoms with van der Waals surface area (Å²) in [6.07, 6.45) is 0. The highest BCUT2D eigenvalue weighted by atomic mass is 16.5. The molecule has 0 spiro atoms. The lowest BCUT2D eigenvalue weighted by molar-refractivity contribution is 0.311. The molecule has 6 heteroatoms. The molecule has 0 aromatic heterocycles. The second-order valence-electron chi connectivity index (χ2n) is 6.02. The Labute approximate surface area is 161 Å². The number of para-hydroxylation sites is 1. The summed E-state index contributed by atoms with van der Waals surface area (Å²) in [5.41, 5.74) is 2.03. The third kappa shape index (κ3) is 5.54. The molecule has 0 bridgehead atoms. The van der Waals surface area contributed by atoms with Crippen molar-refractivity contribution in [3.8, 4) is 17.2 Å². The fourth-order valence-corrected chi connectivity index (χ4v) is 2.77. The van der Waals surface area contributed by atoms with Crippen molar-refractivity contribution in [2.75, 3.05) is 39.7 Å². The van der Waals surface area contributed by atoms with Gasteiger partial charge in [0.1, 0.15) is 5.75 Å². The predicted octanol–water partition coefficient (Wildman–Crippen LogP) is 3.89. The first kappa shape index (κ1) is 20.4. The molecular weight excluding hydrogens is 342 g/mol. The number of benzene rings is 2. The highest BCUT2D eigenvalue weighted by Gasteiger charge is 2.12. The van der Waals surface area contributed by atoms with Crippen molar-refractivity contribution in [1.29, 1.82) is 0 Å². The minimum atomic E-state index is 0.259. The number of hydrogen-bond donors (Lipinski definition) is 2. The smallest absolute Gasteiger partial charge is 0.195 e. The Morgan fingerprint density at radius 2 is 1.78 bits per heavy atom. The summed E-state index contributed by atoms with van der Waals surface area (Å²) < 4.78 is 16.4. The van der Waals surface area contributed by atoms with Crippen LogP contribution < -0.4 is 24.8 Å². The molecule has 1 atom stereocenters. The Balaban J connectivity index is 2.03. The Bertz CT molecular complexity index is 762. The van der Waals surface area contributed by atoms with E-state index in [0.29, 0.717) is 30.6 Å². The molecule has 0 saturated heterocycles. The van der Waals surface area contributed by atoms with Gasteiger partial charge in [0.25, 0.3) is 0 Å². The largest absolute Gasteiger partial charge is 0.496 e. The van der Waals surface area contributed by atoms with Crippen molar-refractivity contribution in [3.05, 3.63) is 48.0 Å². The maximum atomic E-state index is 5.63. The lowest BCUT2D eigenvalue weighted by atomic mass is 10.0. The van der Waals surface area contributed by atoms with Crippen LogP contribution in [0.1, 0.15) is 25.3 Å². The molecule has 0 aliphatic heterocycles. The van der Waals surface area contributed by atoms with Crippen LogP contribution in [0.25, 0.3) is 0 Å². The van der Waals surface area contributed by atoms with Crippen LogP contribution in [0.5, 0.6) is 17.2 Å². The normalized spacial score (nSPS) is 12.3. The Morgan fingerprint density at radius 3 is 2.44 bits per heavy atom. The Morgan fingerprint density at radius 1 is 1.04 bits per heavy atom. The number of nitrogens with one attached hydrogen (secondary N) is 2. The summed E-state index contributed by atoms with van der Waals surface area (Å²) in [6, 6.07) is 13.8. The highest BCUT2D eigenvalue weighted by molar-refractivity contribution is 5.93. The minimum absolute atomic E-state index is 0.259. The molecule has 2 N–H and O–H groups in total. The van der Waals surface area contributed by atoms with E-state index >= 15 is 0 Å². The van der Waals surface area contributed by atoms with Gasteiger partial charge in [0.2, 0.25) is 0 Å². The quantitative estimate of drug-likeness (QED) is 0.544. The van der Waals surface area contributed by atoms with E-state index in [4.69, 9.17) is 14.2 Å². The molecule has 2 rings (SSSR count). The van der Waals surface area contributed by atoms with Crippen molar-refractivity contribution in [2.24, 2.45) is 4.99 Å². The molecule has 27 heavy (non-hydrogen) atoms. The third-order valence-electron chi connectivity index (χ3n) is 4.20. The summed E-state index contributed by atoms with van der Waals surface area (Å²) in [5.74, 6) is 3.24. The summed E-state index contributed by atoms with van der Waals surface area (Å²) in [6.45, 7) is 5.38.